The number of halogens is 2. The fourth-order valence-electron chi connectivity index (χ4n) is 2.00. The monoisotopic (exact) mass is 300 g/mol. The zero-order valence-corrected chi connectivity index (χ0v) is 11.2. The number of benzene rings is 1. The summed E-state index contributed by atoms with van der Waals surface area (Å²) in [6.45, 7) is 0. The molecule has 0 aliphatic heterocycles. The van der Waals surface area contributed by atoms with Crippen LogP contribution in [0.5, 0.6) is 0 Å². The third kappa shape index (κ3) is 3.36. The maximum absolute atomic E-state index is 13.2. The van der Waals surface area contributed by atoms with Crippen LogP contribution in [0.1, 0.15) is 18.4 Å². The first-order chi connectivity index (χ1) is 8.10. The summed E-state index contributed by atoms with van der Waals surface area (Å²) in [7, 11) is 1.56. The zero-order valence-electron chi connectivity index (χ0n) is 9.58. The van der Waals surface area contributed by atoms with E-state index in [-0.39, 0.29) is 24.1 Å². The average Bonchev–Trinajstić information content (AvgIpc) is 3.01. The second kappa shape index (κ2) is 5.27. The van der Waals surface area contributed by atoms with Crippen molar-refractivity contribution in [2.75, 3.05) is 7.11 Å². The van der Waals surface area contributed by atoms with E-state index in [0.29, 0.717) is 16.0 Å². The van der Waals surface area contributed by atoms with Crippen LogP contribution < -0.4 is 0 Å². The third-order valence-corrected chi connectivity index (χ3v) is 3.38. The molecule has 0 radical (unpaired) electrons. The molecule has 0 heterocycles. The van der Waals surface area contributed by atoms with E-state index in [1.807, 2.05) is 0 Å². The predicted molar refractivity (Wildman–Crippen MR) is 66.3 cm³/mol. The molecule has 0 aromatic heterocycles. The molecule has 0 spiro atoms. The molecule has 0 bridgehead atoms. The molecule has 17 heavy (non-hydrogen) atoms. The van der Waals surface area contributed by atoms with E-state index >= 15 is 0 Å². The smallest absolute Gasteiger partial charge is 0.166 e. The first kappa shape index (κ1) is 12.7. The summed E-state index contributed by atoms with van der Waals surface area (Å²) in [6.07, 6.45) is 2.01. The van der Waals surface area contributed by atoms with Crippen molar-refractivity contribution in [1.82, 2.24) is 0 Å². The van der Waals surface area contributed by atoms with Crippen molar-refractivity contribution in [3.05, 3.63) is 34.1 Å². The fraction of sp³-hybridized carbons (Fsp3) is 0.462. The van der Waals surface area contributed by atoms with Crippen molar-refractivity contribution >= 4 is 21.7 Å². The van der Waals surface area contributed by atoms with Gasteiger partial charge in [-0.2, -0.15) is 0 Å². The molecule has 1 aromatic rings. The summed E-state index contributed by atoms with van der Waals surface area (Å²) in [4.78, 5) is 12.0. The van der Waals surface area contributed by atoms with Gasteiger partial charge >= 0.3 is 0 Å². The van der Waals surface area contributed by atoms with Crippen LogP contribution in [-0.2, 0) is 16.0 Å². The fourth-order valence-corrected chi connectivity index (χ4v) is 2.51. The van der Waals surface area contributed by atoms with Crippen LogP contribution in [0.25, 0.3) is 0 Å². The van der Waals surface area contributed by atoms with Crippen molar-refractivity contribution in [2.45, 2.75) is 25.4 Å². The Morgan fingerprint density at radius 3 is 2.76 bits per heavy atom. The van der Waals surface area contributed by atoms with Gasteiger partial charge in [0.25, 0.3) is 0 Å². The molecule has 0 N–H and O–H groups in total. The third-order valence-electron chi connectivity index (χ3n) is 2.92. The van der Waals surface area contributed by atoms with Gasteiger partial charge < -0.3 is 4.74 Å². The number of rotatable bonds is 5. The maximum Gasteiger partial charge on any atom is 0.166 e. The number of hydrogen-bond acceptors (Lipinski definition) is 2. The summed E-state index contributed by atoms with van der Waals surface area (Å²) >= 11 is 3.22. The highest BCUT2D eigenvalue weighted by Gasteiger charge is 2.35. The number of ketones is 1. The molecule has 1 atom stereocenters. The first-order valence-electron chi connectivity index (χ1n) is 5.60. The number of carbonyl (C=O) groups excluding carboxylic acids is 1. The largest absolute Gasteiger partial charge is 0.373 e. The molecule has 1 fully saturated rings. The molecule has 92 valence electrons. The molecule has 2 rings (SSSR count). The number of Topliss-reactive ketones (excluding diaryl/α,β-unsaturated/α-hetero) is 1. The molecule has 1 aromatic carbocycles. The van der Waals surface area contributed by atoms with Gasteiger partial charge in [0.2, 0.25) is 0 Å². The summed E-state index contributed by atoms with van der Waals surface area (Å²) in [6, 6.07) is 4.53. The normalized spacial score (nSPS) is 16.9. The highest BCUT2D eigenvalue weighted by atomic mass is 79.9. The van der Waals surface area contributed by atoms with E-state index in [0.717, 1.165) is 12.8 Å². The molecule has 2 nitrogen and oxygen atoms in total. The van der Waals surface area contributed by atoms with Gasteiger partial charge in [0.1, 0.15) is 11.9 Å². The van der Waals surface area contributed by atoms with E-state index in [4.69, 9.17) is 4.74 Å². The number of methoxy groups -OCH3 is 1. The van der Waals surface area contributed by atoms with Crippen molar-refractivity contribution in [3.8, 4) is 0 Å². The Hall–Kier alpha value is -0.740. The minimum atomic E-state index is -0.331. The molecule has 4 heteroatoms. The second-order valence-electron chi connectivity index (χ2n) is 4.41. The SMILES string of the molecule is COC(C(=O)Cc1cc(F)cc(Br)c1)C1CC1. The van der Waals surface area contributed by atoms with Gasteiger partial charge in [-0.05, 0) is 42.5 Å². The Balaban J connectivity index is 2.06. The molecular formula is C13H14BrFO2. The van der Waals surface area contributed by atoms with Gasteiger partial charge in [0, 0.05) is 18.0 Å². The molecule has 1 saturated carbocycles. The molecule has 1 unspecified atom stereocenters. The molecule has 0 amide bonds. The van der Waals surface area contributed by atoms with Crippen molar-refractivity contribution in [3.63, 3.8) is 0 Å². The Morgan fingerprint density at radius 2 is 2.24 bits per heavy atom. The first-order valence-corrected chi connectivity index (χ1v) is 6.40. The zero-order chi connectivity index (χ0) is 12.4. The molecular weight excluding hydrogens is 287 g/mol. The number of ether oxygens (including phenoxy) is 1. The molecule has 1 aliphatic carbocycles. The minimum Gasteiger partial charge on any atom is -0.373 e. The lowest BCUT2D eigenvalue weighted by Crippen LogP contribution is -2.26. The maximum atomic E-state index is 13.2. The van der Waals surface area contributed by atoms with E-state index in [1.54, 1.807) is 13.2 Å². The summed E-state index contributed by atoms with van der Waals surface area (Å²) < 4.78 is 19.0. The highest BCUT2D eigenvalue weighted by Crippen LogP contribution is 2.35. The van der Waals surface area contributed by atoms with E-state index < -0.39 is 0 Å². The van der Waals surface area contributed by atoms with Crippen LogP contribution in [0.2, 0.25) is 0 Å². The van der Waals surface area contributed by atoms with Crippen LogP contribution in [-0.4, -0.2) is 19.0 Å². The van der Waals surface area contributed by atoms with Crippen LogP contribution in [0.15, 0.2) is 22.7 Å². The van der Waals surface area contributed by atoms with E-state index in [1.165, 1.54) is 12.1 Å². The molecule has 0 saturated heterocycles. The summed E-state index contributed by atoms with van der Waals surface area (Å²) in [5.74, 6) is 0.0690. The Morgan fingerprint density at radius 1 is 1.53 bits per heavy atom. The average molecular weight is 301 g/mol. The minimum absolute atomic E-state index is 0.0347. The van der Waals surface area contributed by atoms with Gasteiger partial charge in [-0.1, -0.05) is 15.9 Å². The van der Waals surface area contributed by atoms with Crippen LogP contribution in [0, 0.1) is 11.7 Å². The van der Waals surface area contributed by atoms with Crippen molar-refractivity contribution in [1.29, 1.82) is 0 Å². The van der Waals surface area contributed by atoms with Gasteiger partial charge in [0.15, 0.2) is 5.78 Å². The lowest BCUT2D eigenvalue weighted by Gasteiger charge is -2.13. The van der Waals surface area contributed by atoms with Crippen molar-refractivity contribution < 1.29 is 13.9 Å². The van der Waals surface area contributed by atoms with Crippen LogP contribution in [0.3, 0.4) is 0 Å². The van der Waals surface area contributed by atoms with E-state index in [9.17, 15) is 9.18 Å². The van der Waals surface area contributed by atoms with Crippen molar-refractivity contribution in [2.24, 2.45) is 5.92 Å². The topological polar surface area (TPSA) is 26.3 Å². The Bertz CT molecular complexity index is 409. The highest BCUT2D eigenvalue weighted by molar-refractivity contribution is 9.10. The molecule has 1 aliphatic rings. The Kier molecular flexibility index (Phi) is 3.94. The Labute approximate surface area is 108 Å². The van der Waals surface area contributed by atoms with Gasteiger partial charge in [-0.3, -0.25) is 4.79 Å². The lowest BCUT2D eigenvalue weighted by molar-refractivity contribution is -0.129. The van der Waals surface area contributed by atoms with E-state index in [2.05, 4.69) is 15.9 Å². The summed E-state index contributed by atoms with van der Waals surface area (Å²) in [5.41, 5.74) is 0.685. The van der Waals surface area contributed by atoms with Crippen LogP contribution in [0.4, 0.5) is 4.39 Å². The lowest BCUT2D eigenvalue weighted by atomic mass is 10.0. The second-order valence-corrected chi connectivity index (χ2v) is 5.33. The van der Waals surface area contributed by atoms with Gasteiger partial charge in [0.05, 0.1) is 0 Å². The number of carbonyl (C=O) groups is 1. The number of hydrogen-bond donors (Lipinski definition) is 0. The van der Waals surface area contributed by atoms with Crippen LogP contribution >= 0.6 is 15.9 Å². The van der Waals surface area contributed by atoms with Gasteiger partial charge in [-0.15, -0.1) is 0 Å². The van der Waals surface area contributed by atoms with Gasteiger partial charge in [-0.25, -0.2) is 4.39 Å². The summed E-state index contributed by atoms with van der Waals surface area (Å²) in [5, 5.41) is 0. The quantitative estimate of drug-likeness (QED) is 0.835. The standard InChI is InChI=1S/C13H14BrFO2/c1-17-13(9-2-3-9)12(16)6-8-4-10(14)7-11(15)5-8/h4-5,7,9,13H,2-3,6H2,1H3. The predicted octanol–water partition coefficient (Wildman–Crippen LogP) is 3.12.